The van der Waals surface area contributed by atoms with Crippen molar-refractivity contribution < 1.29 is 13.5 Å². The third-order valence-corrected chi connectivity index (χ3v) is 4.78. The van der Waals surface area contributed by atoms with E-state index in [2.05, 4.69) is 0 Å². The fourth-order valence-corrected chi connectivity index (χ4v) is 2.98. The summed E-state index contributed by atoms with van der Waals surface area (Å²) in [4.78, 5) is 0.261. The highest BCUT2D eigenvalue weighted by atomic mass is 32.2. The number of hydrogen-bond donors (Lipinski definition) is 1. The lowest BCUT2D eigenvalue weighted by atomic mass is 10.1. The van der Waals surface area contributed by atoms with Gasteiger partial charge >= 0.3 is 0 Å². The van der Waals surface area contributed by atoms with E-state index in [1.54, 1.807) is 36.5 Å². The molecule has 19 heavy (non-hydrogen) atoms. The summed E-state index contributed by atoms with van der Waals surface area (Å²) in [6, 6.07) is 8.45. The van der Waals surface area contributed by atoms with Gasteiger partial charge in [-0.1, -0.05) is 24.6 Å². The van der Waals surface area contributed by atoms with E-state index in [1.165, 1.54) is 10.2 Å². The van der Waals surface area contributed by atoms with Gasteiger partial charge in [0.15, 0.2) is 0 Å². The summed E-state index contributed by atoms with van der Waals surface area (Å²) in [5.41, 5.74) is 1.82. The first-order valence-corrected chi connectivity index (χ1v) is 7.50. The molecule has 2 rings (SSSR count). The topological polar surface area (TPSA) is 59.3 Å². The molecule has 0 fully saturated rings. The van der Waals surface area contributed by atoms with Crippen LogP contribution in [-0.2, 0) is 10.0 Å². The van der Waals surface area contributed by atoms with Gasteiger partial charge in [0.2, 0.25) is 0 Å². The molecular weight excluding hydrogens is 262 g/mol. The van der Waals surface area contributed by atoms with Crippen molar-refractivity contribution in [1.29, 1.82) is 0 Å². The lowest BCUT2D eigenvalue weighted by Gasteiger charge is -2.07. The smallest absolute Gasteiger partial charge is 0.267 e. The molecule has 2 aromatic rings. The molecule has 1 N–H and O–H groups in total. The molecule has 102 valence electrons. The van der Waals surface area contributed by atoms with Crippen molar-refractivity contribution in [2.24, 2.45) is 0 Å². The second kappa shape index (κ2) is 5.19. The Morgan fingerprint density at radius 2 is 1.84 bits per heavy atom. The standard InChI is InChI=1S/C14H17NO3S/c1-11-3-5-14(6-4-11)19(17,18)15-8-7-13(9-15)12(2)10-16/h3-9,12,16H,10H2,1-2H3. The van der Waals surface area contributed by atoms with Crippen LogP contribution < -0.4 is 0 Å². The molecule has 0 saturated heterocycles. The molecule has 5 heteroatoms. The minimum Gasteiger partial charge on any atom is -0.396 e. The maximum Gasteiger partial charge on any atom is 0.267 e. The molecule has 0 saturated carbocycles. The zero-order valence-electron chi connectivity index (χ0n) is 10.9. The molecule has 0 spiro atoms. The normalized spacial score (nSPS) is 13.4. The average molecular weight is 279 g/mol. The Morgan fingerprint density at radius 1 is 1.21 bits per heavy atom. The predicted molar refractivity (Wildman–Crippen MR) is 73.7 cm³/mol. The van der Waals surface area contributed by atoms with Crippen LogP contribution in [0.3, 0.4) is 0 Å². The van der Waals surface area contributed by atoms with Crippen LogP contribution in [0.4, 0.5) is 0 Å². The van der Waals surface area contributed by atoms with E-state index in [4.69, 9.17) is 5.11 Å². The minimum atomic E-state index is -3.54. The first-order valence-electron chi connectivity index (χ1n) is 6.06. The number of nitrogens with zero attached hydrogens (tertiary/aromatic N) is 1. The van der Waals surface area contributed by atoms with E-state index in [0.29, 0.717) is 0 Å². The molecular formula is C14H17NO3S. The summed E-state index contributed by atoms with van der Waals surface area (Å²) < 4.78 is 25.9. The summed E-state index contributed by atoms with van der Waals surface area (Å²) >= 11 is 0. The van der Waals surface area contributed by atoms with E-state index >= 15 is 0 Å². The molecule has 0 bridgehead atoms. The average Bonchev–Trinajstić information content (AvgIpc) is 2.88. The Labute approximate surface area is 113 Å². The van der Waals surface area contributed by atoms with Gasteiger partial charge in [-0.05, 0) is 30.7 Å². The molecule has 4 nitrogen and oxygen atoms in total. The van der Waals surface area contributed by atoms with E-state index < -0.39 is 10.0 Å². The number of benzene rings is 1. The number of aliphatic hydroxyl groups excluding tert-OH is 1. The fraction of sp³-hybridized carbons (Fsp3) is 0.286. The molecule has 1 heterocycles. The number of aliphatic hydroxyl groups is 1. The van der Waals surface area contributed by atoms with Gasteiger partial charge in [0.05, 0.1) is 4.90 Å². The quantitative estimate of drug-likeness (QED) is 0.932. The van der Waals surface area contributed by atoms with Crippen molar-refractivity contribution in [1.82, 2.24) is 3.97 Å². The fourth-order valence-electron chi connectivity index (χ4n) is 1.77. The van der Waals surface area contributed by atoms with Crippen LogP contribution in [0.15, 0.2) is 47.6 Å². The highest BCUT2D eigenvalue weighted by molar-refractivity contribution is 7.90. The van der Waals surface area contributed by atoms with E-state index in [1.807, 2.05) is 13.8 Å². The van der Waals surface area contributed by atoms with E-state index in [-0.39, 0.29) is 17.4 Å². The van der Waals surface area contributed by atoms with E-state index in [0.717, 1.165) is 11.1 Å². The minimum absolute atomic E-state index is 0.00536. The second-order valence-electron chi connectivity index (χ2n) is 4.68. The van der Waals surface area contributed by atoms with Crippen molar-refractivity contribution in [3.8, 4) is 0 Å². The summed E-state index contributed by atoms with van der Waals surface area (Å²) in [5.74, 6) is -0.0746. The Bertz CT molecular complexity index is 656. The first kappa shape index (κ1) is 13.8. The molecule has 0 radical (unpaired) electrons. The number of hydrogen-bond acceptors (Lipinski definition) is 3. The van der Waals surface area contributed by atoms with Crippen LogP contribution in [-0.4, -0.2) is 24.1 Å². The second-order valence-corrected chi connectivity index (χ2v) is 6.52. The predicted octanol–water partition coefficient (Wildman–Crippen LogP) is 2.13. The van der Waals surface area contributed by atoms with Gasteiger partial charge in [0.1, 0.15) is 0 Å². The van der Waals surface area contributed by atoms with Gasteiger partial charge in [0, 0.05) is 24.9 Å². The third-order valence-electron chi connectivity index (χ3n) is 3.13. The summed E-state index contributed by atoms with van der Waals surface area (Å²) in [5, 5.41) is 9.09. The third kappa shape index (κ3) is 2.72. The van der Waals surface area contributed by atoms with Crippen molar-refractivity contribution >= 4 is 10.0 Å². The van der Waals surface area contributed by atoms with Crippen molar-refractivity contribution in [3.05, 3.63) is 53.9 Å². The Morgan fingerprint density at radius 3 is 2.42 bits per heavy atom. The Balaban J connectivity index is 2.39. The van der Waals surface area contributed by atoms with Gasteiger partial charge < -0.3 is 5.11 Å². The zero-order valence-corrected chi connectivity index (χ0v) is 11.8. The van der Waals surface area contributed by atoms with Crippen LogP contribution in [0.25, 0.3) is 0 Å². The lowest BCUT2D eigenvalue weighted by molar-refractivity contribution is 0.273. The van der Waals surface area contributed by atoms with Crippen molar-refractivity contribution in [3.63, 3.8) is 0 Å². The number of rotatable bonds is 4. The molecule has 0 amide bonds. The SMILES string of the molecule is Cc1ccc(S(=O)(=O)n2ccc(C(C)CO)c2)cc1. The molecule has 0 aliphatic carbocycles. The molecule has 1 aromatic heterocycles. The van der Waals surface area contributed by atoms with Crippen LogP contribution in [0.5, 0.6) is 0 Å². The molecule has 0 aliphatic heterocycles. The number of aryl methyl sites for hydroxylation is 1. The highest BCUT2D eigenvalue weighted by Crippen LogP contribution is 2.19. The van der Waals surface area contributed by atoms with Gasteiger partial charge in [0.25, 0.3) is 10.0 Å². The molecule has 1 aromatic carbocycles. The zero-order chi connectivity index (χ0) is 14.0. The summed E-state index contributed by atoms with van der Waals surface area (Å²) in [7, 11) is -3.54. The van der Waals surface area contributed by atoms with Crippen molar-refractivity contribution in [2.45, 2.75) is 24.7 Å². The van der Waals surface area contributed by atoms with Gasteiger partial charge in [-0.3, -0.25) is 0 Å². The molecule has 0 aliphatic rings. The monoisotopic (exact) mass is 279 g/mol. The Hall–Kier alpha value is -1.59. The largest absolute Gasteiger partial charge is 0.396 e. The van der Waals surface area contributed by atoms with Gasteiger partial charge in [-0.25, -0.2) is 12.4 Å². The van der Waals surface area contributed by atoms with Gasteiger partial charge in [-0.2, -0.15) is 0 Å². The van der Waals surface area contributed by atoms with Gasteiger partial charge in [-0.15, -0.1) is 0 Å². The first-order chi connectivity index (χ1) is 8.95. The maximum absolute atomic E-state index is 12.4. The van der Waals surface area contributed by atoms with E-state index in [9.17, 15) is 8.42 Å². The highest BCUT2D eigenvalue weighted by Gasteiger charge is 2.17. The van der Waals surface area contributed by atoms with Crippen LogP contribution in [0.1, 0.15) is 24.0 Å². The number of aromatic nitrogens is 1. The Kier molecular flexibility index (Phi) is 3.78. The molecule has 1 unspecified atom stereocenters. The summed E-state index contributed by atoms with van der Waals surface area (Å²) in [6.07, 6.45) is 3.06. The van der Waals surface area contributed by atoms with Crippen LogP contribution in [0.2, 0.25) is 0 Å². The summed E-state index contributed by atoms with van der Waals surface area (Å²) in [6.45, 7) is 3.75. The lowest BCUT2D eigenvalue weighted by Crippen LogP contribution is -2.11. The maximum atomic E-state index is 12.4. The van der Waals surface area contributed by atoms with Crippen LogP contribution >= 0.6 is 0 Å². The molecule has 1 atom stereocenters. The van der Waals surface area contributed by atoms with Crippen LogP contribution in [0, 0.1) is 6.92 Å². The van der Waals surface area contributed by atoms with Crippen molar-refractivity contribution in [2.75, 3.05) is 6.61 Å².